The lowest BCUT2D eigenvalue weighted by Crippen LogP contribution is -2.27. The fraction of sp³-hybridized carbons (Fsp3) is 0.294. The van der Waals surface area contributed by atoms with Crippen LogP contribution < -0.4 is 5.32 Å². The summed E-state index contributed by atoms with van der Waals surface area (Å²) in [6.45, 7) is 0.627. The molecule has 2 unspecified atom stereocenters. The molecule has 3 nitrogen and oxygen atoms in total. The van der Waals surface area contributed by atoms with E-state index in [2.05, 4.69) is 10.3 Å². The number of carbonyl (C=O) groups excluding carboxylic acids is 1. The van der Waals surface area contributed by atoms with E-state index in [1.165, 1.54) is 0 Å². The van der Waals surface area contributed by atoms with Gasteiger partial charge in [0.25, 0.3) is 0 Å². The van der Waals surface area contributed by atoms with E-state index >= 15 is 0 Å². The summed E-state index contributed by atoms with van der Waals surface area (Å²) in [7, 11) is 0. The third-order valence-corrected chi connectivity index (χ3v) is 4.18. The van der Waals surface area contributed by atoms with Crippen LogP contribution in [-0.4, -0.2) is 17.4 Å². The molecule has 108 valence electrons. The molecule has 4 heteroatoms. The van der Waals surface area contributed by atoms with E-state index in [4.69, 9.17) is 11.6 Å². The van der Waals surface area contributed by atoms with E-state index in [-0.39, 0.29) is 17.7 Å². The van der Waals surface area contributed by atoms with E-state index in [1.807, 2.05) is 42.5 Å². The van der Waals surface area contributed by atoms with Crippen LogP contribution in [0.2, 0.25) is 5.02 Å². The largest absolute Gasteiger partial charge is 0.355 e. The smallest absolute Gasteiger partial charge is 0.223 e. The molecular formula is C17H17ClN2O. The van der Waals surface area contributed by atoms with Crippen LogP contribution in [-0.2, 0) is 11.2 Å². The van der Waals surface area contributed by atoms with E-state index in [0.717, 1.165) is 29.1 Å². The fourth-order valence-corrected chi connectivity index (χ4v) is 2.87. The highest BCUT2D eigenvalue weighted by atomic mass is 35.5. The molecule has 1 heterocycles. The lowest BCUT2D eigenvalue weighted by atomic mass is 10.1. The molecule has 0 bridgehead atoms. The average molecular weight is 301 g/mol. The van der Waals surface area contributed by atoms with Crippen LogP contribution in [0.1, 0.15) is 23.6 Å². The Morgan fingerprint density at radius 1 is 1.24 bits per heavy atom. The van der Waals surface area contributed by atoms with Gasteiger partial charge in [-0.1, -0.05) is 35.9 Å². The Labute approximate surface area is 129 Å². The Morgan fingerprint density at radius 2 is 2.05 bits per heavy atom. The number of amides is 1. The molecule has 0 aliphatic heterocycles. The minimum atomic E-state index is 0.0635. The number of rotatable bonds is 5. The number of hydrogen-bond acceptors (Lipinski definition) is 2. The zero-order valence-electron chi connectivity index (χ0n) is 11.6. The van der Waals surface area contributed by atoms with Gasteiger partial charge in [0.05, 0.1) is 0 Å². The molecule has 1 aromatic heterocycles. The summed E-state index contributed by atoms with van der Waals surface area (Å²) >= 11 is 6.17. The van der Waals surface area contributed by atoms with Gasteiger partial charge in [0.2, 0.25) is 5.91 Å². The van der Waals surface area contributed by atoms with Crippen LogP contribution >= 0.6 is 11.6 Å². The highest BCUT2D eigenvalue weighted by molar-refractivity contribution is 6.31. The summed E-state index contributed by atoms with van der Waals surface area (Å²) in [5.74, 6) is 0.457. The van der Waals surface area contributed by atoms with E-state index in [1.54, 1.807) is 6.20 Å². The van der Waals surface area contributed by atoms with Crippen LogP contribution in [0.25, 0.3) is 0 Å². The number of nitrogens with zero attached hydrogens (tertiary/aromatic N) is 1. The molecule has 2 aromatic rings. The molecule has 2 atom stereocenters. The Hall–Kier alpha value is -1.87. The fourth-order valence-electron chi connectivity index (χ4n) is 2.60. The predicted molar refractivity (Wildman–Crippen MR) is 83.3 cm³/mol. The first kappa shape index (κ1) is 14.1. The number of carbonyl (C=O) groups is 1. The average Bonchev–Trinajstić information content (AvgIpc) is 3.29. The third kappa shape index (κ3) is 3.42. The van der Waals surface area contributed by atoms with Gasteiger partial charge in [-0.3, -0.25) is 9.78 Å². The second kappa shape index (κ2) is 6.27. The standard InChI is InChI=1S/C17H17ClN2O/c18-16-7-2-1-6-13(16)14-11-15(14)17(21)20-10-8-12-5-3-4-9-19-12/h1-7,9,14-15H,8,10-11H2,(H,20,21). The van der Waals surface area contributed by atoms with Gasteiger partial charge in [-0.15, -0.1) is 0 Å². The quantitative estimate of drug-likeness (QED) is 0.921. The van der Waals surface area contributed by atoms with Crippen molar-refractivity contribution >= 4 is 17.5 Å². The van der Waals surface area contributed by atoms with Crippen molar-refractivity contribution in [2.75, 3.05) is 6.54 Å². The molecule has 0 radical (unpaired) electrons. The molecule has 1 aliphatic carbocycles. The summed E-state index contributed by atoms with van der Waals surface area (Å²) in [6, 6.07) is 13.6. The Kier molecular flexibility index (Phi) is 4.20. The molecule has 1 saturated carbocycles. The normalized spacial score (nSPS) is 20.0. The summed E-state index contributed by atoms with van der Waals surface area (Å²) < 4.78 is 0. The van der Waals surface area contributed by atoms with Crippen LogP contribution in [0.4, 0.5) is 0 Å². The Bertz CT molecular complexity index is 630. The SMILES string of the molecule is O=C(NCCc1ccccn1)C1CC1c1ccccc1Cl. The van der Waals surface area contributed by atoms with Crippen LogP contribution in [0.3, 0.4) is 0 Å². The molecule has 1 N–H and O–H groups in total. The van der Waals surface area contributed by atoms with Crippen LogP contribution in [0.15, 0.2) is 48.7 Å². The van der Waals surface area contributed by atoms with Gasteiger partial charge in [0, 0.05) is 35.8 Å². The van der Waals surface area contributed by atoms with E-state index < -0.39 is 0 Å². The number of aromatic nitrogens is 1. The molecule has 1 aliphatic rings. The highest BCUT2D eigenvalue weighted by Gasteiger charge is 2.44. The molecule has 3 rings (SSSR count). The summed E-state index contributed by atoms with van der Waals surface area (Å²) in [6.07, 6.45) is 3.42. The van der Waals surface area contributed by atoms with Gasteiger partial charge in [-0.05, 0) is 36.1 Å². The minimum Gasteiger partial charge on any atom is -0.355 e. The molecule has 1 fully saturated rings. The summed E-state index contributed by atoms with van der Waals surface area (Å²) in [5.41, 5.74) is 2.08. The molecular weight excluding hydrogens is 284 g/mol. The molecule has 1 aromatic carbocycles. The maximum Gasteiger partial charge on any atom is 0.223 e. The zero-order valence-corrected chi connectivity index (χ0v) is 12.4. The Morgan fingerprint density at radius 3 is 2.81 bits per heavy atom. The van der Waals surface area contributed by atoms with Crippen LogP contribution in [0.5, 0.6) is 0 Å². The number of benzene rings is 1. The van der Waals surface area contributed by atoms with Crippen LogP contribution in [0, 0.1) is 5.92 Å². The van der Waals surface area contributed by atoms with Gasteiger partial charge < -0.3 is 5.32 Å². The van der Waals surface area contributed by atoms with Gasteiger partial charge in [0.15, 0.2) is 0 Å². The van der Waals surface area contributed by atoms with Crippen molar-refractivity contribution in [3.05, 3.63) is 64.9 Å². The maximum atomic E-state index is 12.1. The van der Waals surface area contributed by atoms with Gasteiger partial charge in [-0.25, -0.2) is 0 Å². The van der Waals surface area contributed by atoms with Crippen molar-refractivity contribution in [3.63, 3.8) is 0 Å². The second-order valence-electron chi connectivity index (χ2n) is 5.33. The first-order valence-corrected chi connectivity index (χ1v) is 7.55. The minimum absolute atomic E-state index is 0.0635. The predicted octanol–water partition coefficient (Wildman–Crippen LogP) is 3.20. The van der Waals surface area contributed by atoms with E-state index in [9.17, 15) is 4.79 Å². The highest BCUT2D eigenvalue weighted by Crippen LogP contribution is 2.49. The van der Waals surface area contributed by atoms with Gasteiger partial charge in [0.1, 0.15) is 0 Å². The van der Waals surface area contributed by atoms with Gasteiger partial charge >= 0.3 is 0 Å². The second-order valence-corrected chi connectivity index (χ2v) is 5.74. The molecule has 1 amide bonds. The maximum absolute atomic E-state index is 12.1. The van der Waals surface area contributed by atoms with Crippen molar-refractivity contribution < 1.29 is 4.79 Å². The summed E-state index contributed by atoms with van der Waals surface area (Å²) in [5, 5.41) is 3.75. The molecule has 0 spiro atoms. The Balaban J connectivity index is 1.49. The van der Waals surface area contributed by atoms with Crippen molar-refractivity contribution in [1.82, 2.24) is 10.3 Å². The number of pyridine rings is 1. The monoisotopic (exact) mass is 300 g/mol. The number of nitrogens with one attached hydrogen (secondary N) is 1. The van der Waals surface area contributed by atoms with Crippen molar-refractivity contribution in [2.24, 2.45) is 5.92 Å². The molecule has 21 heavy (non-hydrogen) atoms. The lowest BCUT2D eigenvalue weighted by Gasteiger charge is -2.05. The van der Waals surface area contributed by atoms with Crippen molar-refractivity contribution in [3.8, 4) is 0 Å². The van der Waals surface area contributed by atoms with Crippen molar-refractivity contribution in [2.45, 2.75) is 18.8 Å². The first-order valence-electron chi connectivity index (χ1n) is 7.18. The van der Waals surface area contributed by atoms with Gasteiger partial charge in [-0.2, -0.15) is 0 Å². The third-order valence-electron chi connectivity index (χ3n) is 3.84. The van der Waals surface area contributed by atoms with E-state index in [0.29, 0.717) is 6.54 Å². The topological polar surface area (TPSA) is 42.0 Å². The zero-order chi connectivity index (χ0) is 14.7. The summed E-state index contributed by atoms with van der Waals surface area (Å²) in [4.78, 5) is 16.4. The molecule has 0 saturated heterocycles. The number of hydrogen-bond donors (Lipinski definition) is 1. The lowest BCUT2D eigenvalue weighted by molar-refractivity contribution is -0.122. The van der Waals surface area contributed by atoms with Crippen molar-refractivity contribution in [1.29, 1.82) is 0 Å². The first-order chi connectivity index (χ1) is 10.3. The number of halogens is 1.